The molecule has 2 heterocycles. The molecule has 4 rings (SSSR count). The number of benzene rings is 2. The van der Waals surface area contributed by atoms with Crippen LogP contribution in [0.15, 0.2) is 48.5 Å². The monoisotopic (exact) mass is 364 g/mol. The van der Waals surface area contributed by atoms with Crippen molar-refractivity contribution in [3.63, 3.8) is 0 Å². The van der Waals surface area contributed by atoms with Crippen LogP contribution in [0, 0.1) is 0 Å². The molecule has 0 atom stereocenters. The highest BCUT2D eigenvalue weighted by atomic mass is 32.1. The lowest BCUT2D eigenvalue weighted by Gasteiger charge is -2.14. The number of carbonyl (C=O) groups excluding carboxylic acids is 2. The Balaban J connectivity index is 1.51. The van der Waals surface area contributed by atoms with Crippen LogP contribution in [0.4, 0.5) is 10.8 Å². The molecule has 7 heteroatoms. The average molecular weight is 364 g/mol. The van der Waals surface area contributed by atoms with E-state index in [1.807, 2.05) is 42.5 Å². The van der Waals surface area contributed by atoms with E-state index in [4.69, 9.17) is 0 Å². The van der Waals surface area contributed by atoms with Crippen LogP contribution in [0.3, 0.4) is 0 Å². The number of amides is 2. The largest absolute Gasteiger partial charge is 0.312 e. The lowest BCUT2D eigenvalue weighted by molar-refractivity contribution is -0.116. The van der Waals surface area contributed by atoms with Crippen molar-refractivity contribution in [3.8, 4) is 10.6 Å². The molecule has 0 saturated carbocycles. The summed E-state index contributed by atoms with van der Waals surface area (Å²) < 4.78 is 0. The van der Waals surface area contributed by atoms with Gasteiger partial charge in [0, 0.05) is 30.3 Å². The summed E-state index contributed by atoms with van der Waals surface area (Å²) in [5.41, 5.74) is 3.41. The maximum atomic E-state index is 12.5. The summed E-state index contributed by atoms with van der Waals surface area (Å²) in [4.78, 5) is 25.9. The first-order valence-corrected chi connectivity index (χ1v) is 9.05. The maximum Gasteiger partial charge on any atom is 0.257 e. The fraction of sp³-hybridized carbons (Fsp3) is 0.158. The highest BCUT2D eigenvalue weighted by Crippen LogP contribution is 2.30. The van der Waals surface area contributed by atoms with E-state index in [9.17, 15) is 9.59 Å². The van der Waals surface area contributed by atoms with E-state index in [0.717, 1.165) is 28.2 Å². The number of rotatable bonds is 3. The Morgan fingerprint density at radius 1 is 1.12 bits per heavy atom. The van der Waals surface area contributed by atoms with Crippen LogP contribution < -0.4 is 10.2 Å². The fourth-order valence-corrected chi connectivity index (χ4v) is 3.75. The maximum absolute atomic E-state index is 12.5. The van der Waals surface area contributed by atoms with E-state index in [-0.39, 0.29) is 11.8 Å². The third-order valence-electron chi connectivity index (χ3n) is 4.28. The van der Waals surface area contributed by atoms with Crippen LogP contribution in [-0.2, 0) is 11.2 Å². The first-order valence-electron chi connectivity index (χ1n) is 8.23. The van der Waals surface area contributed by atoms with Gasteiger partial charge < -0.3 is 4.90 Å². The summed E-state index contributed by atoms with van der Waals surface area (Å²) in [7, 11) is 0. The van der Waals surface area contributed by atoms with Crippen LogP contribution in [0.25, 0.3) is 10.6 Å². The lowest BCUT2D eigenvalue weighted by Crippen LogP contribution is -2.25. The van der Waals surface area contributed by atoms with Crippen molar-refractivity contribution in [2.45, 2.75) is 13.3 Å². The molecule has 0 radical (unpaired) electrons. The molecule has 2 amide bonds. The van der Waals surface area contributed by atoms with Crippen molar-refractivity contribution >= 4 is 34.0 Å². The zero-order valence-electron chi connectivity index (χ0n) is 14.1. The van der Waals surface area contributed by atoms with Crippen molar-refractivity contribution in [1.82, 2.24) is 10.2 Å². The summed E-state index contributed by atoms with van der Waals surface area (Å²) in [6.07, 6.45) is 0.757. The molecule has 1 aromatic heterocycles. The summed E-state index contributed by atoms with van der Waals surface area (Å²) in [6.45, 7) is 2.21. The molecule has 1 N–H and O–H groups in total. The van der Waals surface area contributed by atoms with Gasteiger partial charge in [-0.1, -0.05) is 41.7 Å². The second kappa shape index (κ2) is 6.68. The Morgan fingerprint density at radius 2 is 1.92 bits per heavy atom. The fourth-order valence-electron chi connectivity index (χ4n) is 3.01. The van der Waals surface area contributed by atoms with Crippen LogP contribution in [0.2, 0.25) is 0 Å². The van der Waals surface area contributed by atoms with Crippen molar-refractivity contribution in [2.24, 2.45) is 0 Å². The predicted molar refractivity (Wildman–Crippen MR) is 101 cm³/mol. The van der Waals surface area contributed by atoms with Crippen LogP contribution in [0.5, 0.6) is 0 Å². The number of carbonyl (C=O) groups is 2. The van der Waals surface area contributed by atoms with Gasteiger partial charge in [-0.05, 0) is 30.2 Å². The van der Waals surface area contributed by atoms with Crippen molar-refractivity contribution < 1.29 is 9.59 Å². The van der Waals surface area contributed by atoms with E-state index >= 15 is 0 Å². The molecule has 0 fully saturated rings. The first kappa shape index (κ1) is 16.4. The Morgan fingerprint density at radius 3 is 2.69 bits per heavy atom. The van der Waals surface area contributed by atoms with Gasteiger partial charge in [0.25, 0.3) is 5.91 Å². The van der Waals surface area contributed by atoms with Crippen molar-refractivity contribution in [1.29, 1.82) is 0 Å². The van der Waals surface area contributed by atoms with Gasteiger partial charge in [0.2, 0.25) is 11.0 Å². The lowest BCUT2D eigenvalue weighted by atomic mass is 10.1. The highest BCUT2D eigenvalue weighted by Gasteiger charge is 2.23. The number of hydrogen-bond acceptors (Lipinski definition) is 5. The molecule has 26 heavy (non-hydrogen) atoms. The minimum Gasteiger partial charge on any atom is -0.312 e. The van der Waals surface area contributed by atoms with Gasteiger partial charge >= 0.3 is 0 Å². The molecule has 1 aliphatic heterocycles. The van der Waals surface area contributed by atoms with E-state index in [1.165, 1.54) is 11.3 Å². The number of aromatic nitrogens is 2. The second-order valence-corrected chi connectivity index (χ2v) is 6.97. The molecule has 0 unspecified atom stereocenters. The van der Waals surface area contributed by atoms with Gasteiger partial charge in [-0.15, -0.1) is 10.2 Å². The van der Waals surface area contributed by atoms with Gasteiger partial charge in [-0.25, -0.2) is 0 Å². The van der Waals surface area contributed by atoms with Gasteiger partial charge in [0.15, 0.2) is 0 Å². The molecule has 130 valence electrons. The summed E-state index contributed by atoms with van der Waals surface area (Å²) >= 11 is 1.33. The Labute approximate surface area is 154 Å². The number of hydrogen-bond donors (Lipinski definition) is 1. The van der Waals surface area contributed by atoms with Gasteiger partial charge in [0.1, 0.15) is 5.01 Å². The molecular formula is C19H16N4O2S. The molecule has 0 bridgehead atoms. The van der Waals surface area contributed by atoms with E-state index in [2.05, 4.69) is 15.5 Å². The third kappa shape index (κ3) is 3.09. The molecule has 0 aliphatic carbocycles. The smallest absolute Gasteiger partial charge is 0.257 e. The van der Waals surface area contributed by atoms with Gasteiger partial charge in [-0.3, -0.25) is 14.9 Å². The van der Waals surface area contributed by atoms with Gasteiger partial charge in [-0.2, -0.15) is 0 Å². The number of nitrogens with one attached hydrogen (secondary N) is 1. The van der Waals surface area contributed by atoms with E-state index < -0.39 is 0 Å². The minimum atomic E-state index is -0.232. The van der Waals surface area contributed by atoms with Crippen molar-refractivity contribution in [3.05, 3.63) is 59.7 Å². The number of fused-ring (bicyclic) bond motifs is 1. The molecule has 0 saturated heterocycles. The predicted octanol–water partition coefficient (Wildman–Crippen LogP) is 3.37. The molecule has 6 nitrogen and oxygen atoms in total. The molecule has 0 spiro atoms. The van der Waals surface area contributed by atoms with Crippen molar-refractivity contribution in [2.75, 3.05) is 16.8 Å². The molecular weight excluding hydrogens is 348 g/mol. The molecule has 1 aliphatic rings. The Kier molecular flexibility index (Phi) is 4.22. The summed E-state index contributed by atoms with van der Waals surface area (Å²) in [6, 6.07) is 15.1. The average Bonchev–Trinajstić information content (AvgIpc) is 3.28. The van der Waals surface area contributed by atoms with Crippen LogP contribution >= 0.6 is 11.3 Å². The summed E-state index contributed by atoms with van der Waals surface area (Å²) in [5.74, 6) is -0.215. The normalized spacial score (nSPS) is 12.7. The zero-order valence-corrected chi connectivity index (χ0v) is 14.9. The summed E-state index contributed by atoms with van der Waals surface area (Å²) in [5, 5.41) is 12.2. The van der Waals surface area contributed by atoms with Crippen LogP contribution in [-0.4, -0.2) is 28.6 Å². The van der Waals surface area contributed by atoms with Gasteiger partial charge in [0.05, 0.1) is 0 Å². The van der Waals surface area contributed by atoms with E-state index in [0.29, 0.717) is 17.2 Å². The second-order valence-electron chi connectivity index (χ2n) is 6.00. The topological polar surface area (TPSA) is 75.2 Å². The highest BCUT2D eigenvalue weighted by molar-refractivity contribution is 7.18. The third-order valence-corrected chi connectivity index (χ3v) is 5.17. The standard InChI is InChI=1S/C19H16N4O2S/c1-12(24)23-10-9-14-11-15(7-8-16(14)23)17(25)20-19-22-21-18(26-19)13-5-3-2-4-6-13/h2-8,11H,9-10H2,1H3,(H,20,22,25). The SMILES string of the molecule is CC(=O)N1CCc2cc(C(=O)Nc3nnc(-c4ccccc4)s3)ccc21. The molecule has 3 aromatic rings. The first-order chi connectivity index (χ1) is 12.6. The Hall–Kier alpha value is -3.06. The number of anilines is 2. The minimum absolute atomic E-state index is 0.0169. The van der Waals surface area contributed by atoms with E-state index in [1.54, 1.807) is 17.9 Å². The quantitative estimate of drug-likeness (QED) is 0.773. The molecule has 2 aromatic carbocycles. The zero-order chi connectivity index (χ0) is 18.1. The van der Waals surface area contributed by atoms with Crippen LogP contribution in [0.1, 0.15) is 22.8 Å². The number of nitrogens with zero attached hydrogens (tertiary/aromatic N) is 3. The Bertz CT molecular complexity index is 984.